The van der Waals surface area contributed by atoms with Crippen LogP contribution in [0, 0.1) is 27.7 Å². The Hall–Kier alpha value is -1.24. The van der Waals surface area contributed by atoms with Gasteiger partial charge in [0, 0.05) is 24.0 Å². The van der Waals surface area contributed by atoms with Gasteiger partial charge in [0.05, 0.1) is 9.90 Å². The first-order chi connectivity index (χ1) is 9.79. The van der Waals surface area contributed by atoms with Gasteiger partial charge >= 0.3 is 0 Å². The molecule has 0 aliphatic heterocycles. The number of benzene rings is 1. The maximum absolute atomic E-state index is 12.5. The smallest absolute Gasteiger partial charge is 0.241 e. The minimum Gasteiger partial charge on any atom is -0.247 e. The average molecular weight is 324 g/mol. The Morgan fingerprint density at radius 1 is 1.14 bits per heavy atom. The van der Waals surface area contributed by atoms with Gasteiger partial charge in [-0.2, -0.15) is 0 Å². The first-order valence-electron chi connectivity index (χ1n) is 6.78. The molecule has 2 rings (SSSR count). The molecule has 6 heteroatoms. The van der Waals surface area contributed by atoms with Crippen LogP contribution in [0.1, 0.15) is 27.4 Å². The van der Waals surface area contributed by atoms with Crippen molar-refractivity contribution < 1.29 is 8.42 Å². The Morgan fingerprint density at radius 3 is 2.29 bits per heavy atom. The van der Waals surface area contributed by atoms with Gasteiger partial charge in [0.25, 0.3) is 0 Å². The molecule has 0 fully saturated rings. The molecule has 0 bridgehead atoms. The van der Waals surface area contributed by atoms with Crippen LogP contribution >= 0.6 is 11.3 Å². The van der Waals surface area contributed by atoms with Crippen molar-refractivity contribution in [3.05, 3.63) is 44.9 Å². The molecule has 0 aliphatic carbocycles. The van der Waals surface area contributed by atoms with E-state index in [1.165, 1.54) is 0 Å². The topological polar surface area (TPSA) is 59.1 Å². The molecule has 2 aromatic rings. The van der Waals surface area contributed by atoms with E-state index in [1.54, 1.807) is 11.3 Å². The molecule has 0 amide bonds. The number of hydrogen-bond donors (Lipinski definition) is 1. The summed E-state index contributed by atoms with van der Waals surface area (Å²) in [5.74, 6) is 0. The lowest BCUT2D eigenvalue weighted by Gasteiger charge is -2.12. The van der Waals surface area contributed by atoms with Crippen LogP contribution in [0.5, 0.6) is 0 Å². The van der Waals surface area contributed by atoms with Crippen LogP contribution in [-0.2, 0) is 16.4 Å². The summed E-state index contributed by atoms with van der Waals surface area (Å²) in [5, 5.41) is 2.92. The molecule has 0 aliphatic rings. The van der Waals surface area contributed by atoms with Crippen molar-refractivity contribution in [3.63, 3.8) is 0 Å². The van der Waals surface area contributed by atoms with Gasteiger partial charge in [-0.1, -0.05) is 17.7 Å². The SMILES string of the molecule is Cc1cc(C)c(S(=O)(=O)NCCc2nc(C)cs2)c(C)c1. The summed E-state index contributed by atoms with van der Waals surface area (Å²) >= 11 is 1.56. The average Bonchev–Trinajstić information content (AvgIpc) is 2.72. The Kier molecular flexibility index (Phi) is 4.81. The van der Waals surface area contributed by atoms with Gasteiger partial charge in [-0.15, -0.1) is 11.3 Å². The van der Waals surface area contributed by atoms with E-state index in [9.17, 15) is 8.42 Å². The minimum atomic E-state index is -3.47. The molecule has 114 valence electrons. The van der Waals surface area contributed by atoms with Gasteiger partial charge in [0.1, 0.15) is 0 Å². The Labute approximate surface area is 130 Å². The maximum atomic E-state index is 12.5. The lowest BCUT2D eigenvalue weighted by molar-refractivity contribution is 0.580. The van der Waals surface area contributed by atoms with Crippen LogP contribution in [0.25, 0.3) is 0 Å². The molecule has 1 aromatic heterocycles. The summed E-state index contributed by atoms with van der Waals surface area (Å²) in [7, 11) is -3.47. The van der Waals surface area contributed by atoms with Crippen LogP contribution in [0.15, 0.2) is 22.4 Å². The van der Waals surface area contributed by atoms with Crippen molar-refractivity contribution in [3.8, 4) is 0 Å². The first kappa shape index (κ1) is 16.1. The van der Waals surface area contributed by atoms with E-state index in [1.807, 2.05) is 45.2 Å². The molecule has 0 saturated carbocycles. The van der Waals surface area contributed by atoms with Gasteiger partial charge < -0.3 is 0 Å². The summed E-state index contributed by atoms with van der Waals surface area (Å²) in [6.45, 7) is 7.93. The van der Waals surface area contributed by atoms with Crippen molar-refractivity contribution in [2.45, 2.75) is 39.0 Å². The molecule has 0 saturated heterocycles. The molecule has 1 N–H and O–H groups in total. The van der Waals surface area contributed by atoms with Crippen molar-refractivity contribution in [1.82, 2.24) is 9.71 Å². The van der Waals surface area contributed by atoms with Crippen molar-refractivity contribution in [1.29, 1.82) is 0 Å². The number of nitrogens with zero attached hydrogens (tertiary/aromatic N) is 1. The number of nitrogens with one attached hydrogen (secondary N) is 1. The largest absolute Gasteiger partial charge is 0.247 e. The fraction of sp³-hybridized carbons (Fsp3) is 0.400. The van der Waals surface area contributed by atoms with E-state index < -0.39 is 10.0 Å². The number of rotatable bonds is 5. The van der Waals surface area contributed by atoms with E-state index in [0.717, 1.165) is 27.4 Å². The zero-order chi connectivity index (χ0) is 15.6. The summed E-state index contributed by atoms with van der Waals surface area (Å²) in [6.07, 6.45) is 0.613. The third-order valence-corrected chi connectivity index (χ3v) is 5.96. The highest BCUT2D eigenvalue weighted by atomic mass is 32.2. The zero-order valence-electron chi connectivity index (χ0n) is 12.7. The van der Waals surface area contributed by atoms with E-state index in [2.05, 4.69) is 9.71 Å². The predicted octanol–water partition coefficient (Wildman–Crippen LogP) is 2.90. The summed E-state index contributed by atoms with van der Waals surface area (Å²) in [5.41, 5.74) is 3.61. The quantitative estimate of drug-likeness (QED) is 0.920. The first-order valence-corrected chi connectivity index (χ1v) is 9.14. The maximum Gasteiger partial charge on any atom is 0.241 e. The fourth-order valence-corrected chi connectivity index (χ4v) is 4.73. The fourth-order valence-electron chi connectivity index (χ4n) is 2.47. The lowest BCUT2D eigenvalue weighted by atomic mass is 10.1. The lowest BCUT2D eigenvalue weighted by Crippen LogP contribution is -2.27. The van der Waals surface area contributed by atoms with Gasteiger partial charge in [0.15, 0.2) is 0 Å². The second kappa shape index (κ2) is 6.25. The van der Waals surface area contributed by atoms with Crippen molar-refractivity contribution in [2.75, 3.05) is 6.54 Å². The van der Waals surface area contributed by atoms with Gasteiger partial charge in [0.2, 0.25) is 10.0 Å². The van der Waals surface area contributed by atoms with Crippen LogP contribution in [-0.4, -0.2) is 19.9 Å². The van der Waals surface area contributed by atoms with E-state index in [4.69, 9.17) is 0 Å². The highest BCUT2D eigenvalue weighted by molar-refractivity contribution is 7.89. The third kappa shape index (κ3) is 3.90. The predicted molar refractivity (Wildman–Crippen MR) is 86.4 cm³/mol. The summed E-state index contributed by atoms with van der Waals surface area (Å²) in [4.78, 5) is 4.73. The Morgan fingerprint density at radius 2 is 1.76 bits per heavy atom. The molecule has 0 spiro atoms. The molecule has 21 heavy (non-hydrogen) atoms. The normalized spacial score (nSPS) is 11.8. The molecule has 0 unspecified atom stereocenters. The molecule has 1 heterocycles. The van der Waals surface area contributed by atoms with Gasteiger partial charge in [-0.25, -0.2) is 18.1 Å². The number of sulfonamides is 1. The standard InChI is InChI=1S/C15H20N2O2S2/c1-10-7-11(2)15(12(3)8-10)21(18,19)16-6-5-14-17-13(4)9-20-14/h7-9,16H,5-6H2,1-4H3. The highest BCUT2D eigenvalue weighted by Crippen LogP contribution is 2.21. The monoisotopic (exact) mass is 324 g/mol. The molecule has 0 atom stereocenters. The third-order valence-electron chi connectivity index (χ3n) is 3.17. The zero-order valence-corrected chi connectivity index (χ0v) is 14.4. The molecule has 1 aromatic carbocycles. The van der Waals surface area contributed by atoms with Crippen LogP contribution in [0.2, 0.25) is 0 Å². The van der Waals surface area contributed by atoms with E-state index in [-0.39, 0.29) is 0 Å². The van der Waals surface area contributed by atoms with E-state index in [0.29, 0.717) is 17.9 Å². The van der Waals surface area contributed by atoms with Crippen LogP contribution in [0.4, 0.5) is 0 Å². The van der Waals surface area contributed by atoms with Crippen molar-refractivity contribution >= 4 is 21.4 Å². The summed E-state index contributed by atoms with van der Waals surface area (Å²) < 4.78 is 27.6. The number of aryl methyl sites for hydroxylation is 4. The second-order valence-electron chi connectivity index (χ2n) is 5.26. The van der Waals surface area contributed by atoms with Gasteiger partial charge in [-0.05, 0) is 38.8 Å². The van der Waals surface area contributed by atoms with Crippen molar-refractivity contribution in [2.24, 2.45) is 0 Å². The number of hydrogen-bond acceptors (Lipinski definition) is 4. The summed E-state index contributed by atoms with van der Waals surface area (Å²) in [6, 6.07) is 3.79. The minimum absolute atomic E-state index is 0.363. The molecular weight excluding hydrogens is 304 g/mol. The van der Waals surface area contributed by atoms with Crippen LogP contribution < -0.4 is 4.72 Å². The Balaban J connectivity index is 2.12. The highest BCUT2D eigenvalue weighted by Gasteiger charge is 2.19. The molecular formula is C15H20N2O2S2. The number of aromatic nitrogens is 1. The Bertz CT molecular complexity index is 726. The second-order valence-corrected chi connectivity index (χ2v) is 7.90. The molecule has 0 radical (unpaired) electrons. The van der Waals surface area contributed by atoms with Crippen LogP contribution in [0.3, 0.4) is 0 Å². The number of thiazole rings is 1. The van der Waals surface area contributed by atoms with E-state index >= 15 is 0 Å². The molecule has 4 nitrogen and oxygen atoms in total. The van der Waals surface area contributed by atoms with Gasteiger partial charge in [-0.3, -0.25) is 0 Å².